The first-order valence-corrected chi connectivity index (χ1v) is 13.6. The number of carbonyl (C=O) groups is 4. The molecule has 10 nitrogen and oxygen atoms in total. The monoisotopic (exact) mass is 549 g/mol. The number of hydrogen-bond donors (Lipinski definition) is 1. The molecule has 1 atom stereocenters. The highest BCUT2D eigenvalue weighted by molar-refractivity contribution is 7.89. The van der Waals surface area contributed by atoms with Crippen LogP contribution in [-0.4, -0.2) is 49.1 Å². The van der Waals surface area contributed by atoms with E-state index in [1.165, 1.54) is 55.5 Å². The van der Waals surface area contributed by atoms with Crippen LogP contribution in [0.15, 0.2) is 83.8 Å². The molecular weight excluding hydrogens is 522 g/mol. The Kier molecular flexibility index (Phi) is 8.22. The van der Waals surface area contributed by atoms with Crippen LogP contribution in [0.2, 0.25) is 0 Å². The quantitative estimate of drug-likeness (QED) is 0.320. The van der Waals surface area contributed by atoms with Crippen molar-refractivity contribution in [2.45, 2.75) is 37.8 Å². The van der Waals surface area contributed by atoms with Crippen LogP contribution in [0.25, 0.3) is 0 Å². The highest BCUT2D eigenvalue weighted by Crippen LogP contribution is 2.31. The topological polar surface area (TPSA) is 130 Å². The molecule has 0 aromatic heterocycles. The molecule has 1 unspecified atom stereocenters. The normalized spacial score (nSPS) is 15.5. The van der Waals surface area contributed by atoms with E-state index in [2.05, 4.69) is 5.32 Å². The summed E-state index contributed by atoms with van der Waals surface area (Å²) in [5, 5.41) is 2.58. The Balaban J connectivity index is 1.67. The second kappa shape index (κ2) is 11.6. The van der Waals surface area contributed by atoms with Crippen molar-refractivity contribution in [1.82, 2.24) is 4.31 Å². The van der Waals surface area contributed by atoms with E-state index >= 15 is 0 Å². The van der Waals surface area contributed by atoms with E-state index in [4.69, 9.17) is 4.74 Å². The van der Waals surface area contributed by atoms with Crippen LogP contribution in [0.5, 0.6) is 0 Å². The summed E-state index contributed by atoms with van der Waals surface area (Å²) in [5.41, 5.74) is 1.53. The van der Waals surface area contributed by atoms with Gasteiger partial charge in [-0.15, -0.1) is 0 Å². The minimum atomic E-state index is -4.25. The zero-order valence-corrected chi connectivity index (χ0v) is 22.2. The Morgan fingerprint density at radius 3 is 2.21 bits per heavy atom. The largest absolute Gasteiger partial charge is 0.462 e. The third kappa shape index (κ3) is 6.05. The maximum absolute atomic E-state index is 13.8. The molecule has 1 aliphatic rings. The molecule has 39 heavy (non-hydrogen) atoms. The van der Waals surface area contributed by atoms with Gasteiger partial charge in [0.25, 0.3) is 5.91 Å². The lowest BCUT2D eigenvalue weighted by atomic mass is 10.2. The van der Waals surface area contributed by atoms with Gasteiger partial charge in [0.1, 0.15) is 6.04 Å². The number of nitrogens with one attached hydrogen (secondary N) is 1. The number of sulfonamides is 1. The summed E-state index contributed by atoms with van der Waals surface area (Å²) in [6.07, 6.45) is -0.353. The molecule has 3 aromatic rings. The standard InChI is InChI=1S/C28H27N3O7S/c1-3-38-28(35)21-9-13-23(14-10-21)31-26(33)17-25(27(31)34)30(18-20-7-5-4-6-8-20)39(36,37)24-15-11-22(12-16-24)29-19(2)32/h4-16,25H,3,17-18H2,1-2H3,(H,29,32). The van der Waals surface area contributed by atoms with Crippen LogP contribution in [0.1, 0.15) is 36.2 Å². The number of nitrogens with zero attached hydrogens (tertiary/aromatic N) is 2. The number of ether oxygens (including phenoxy) is 1. The molecule has 1 heterocycles. The van der Waals surface area contributed by atoms with Crippen molar-refractivity contribution in [3.63, 3.8) is 0 Å². The maximum Gasteiger partial charge on any atom is 0.338 e. The van der Waals surface area contributed by atoms with Crippen molar-refractivity contribution in [3.8, 4) is 0 Å². The van der Waals surface area contributed by atoms with Gasteiger partial charge in [-0.1, -0.05) is 30.3 Å². The minimum absolute atomic E-state index is 0.0926. The molecule has 3 amide bonds. The highest BCUT2D eigenvalue weighted by Gasteiger charge is 2.47. The van der Waals surface area contributed by atoms with Gasteiger partial charge in [0.05, 0.1) is 29.2 Å². The number of imide groups is 1. The van der Waals surface area contributed by atoms with Gasteiger partial charge in [0.2, 0.25) is 21.8 Å². The van der Waals surface area contributed by atoms with Gasteiger partial charge >= 0.3 is 5.97 Å². The van der Waals surface area contributed by atoms with Gasteiger partial charge in [0, 0.05) is 19.2 Å². The molecule has 0 aliphatic carbocycles. The molecule has 0 radical (unpaired) electrons. The van der Waals surface area contributed by atoms with Crippen molar-refractivity contribution < 1.29 is 32.3 Å². The third-order valence-corrected chi connectivity index (χ3v) is 7.94. The van der Waals surface area contributed by atoms with E-state index in [-0.39, 0.29) is 41.6 Å². The Morgan fingerprint density at radius 1 is 0.974 bits per heavy atom. The summed E-state index contributed by atoms with van der Waals surface area (Å²) >= 11 is 0. The Labute approximate surface area is 226 Å². The lowest BCUT2D eigenvalue weighted by molar-refractivity contribution is -0.122. The number of esters is 1. The van der Waals surface area contributed by atoms with Crippen molar-refractivity contribution in [2.75, 3.05) is 16.8 Å². The minimum Gasteiger partial charge on any atom is -0.462 e. The van der Waals surface area contributed by atoms with Gasteiger partial charge in [-0.3, -0.25) is 14.4 Å². The molecule has 0 spiro atoms. The molecule has 1 N–H and O–H groups in total. The van der Waals surface area contributed by atoms with Crippen LogP contribution in [0, 0.1) is 0 Å². The van der Waals surface area contributed by atoms with Crippen LogP contribution in [-0.2, 0) is 35.7 Å². The summed E-state index contributed by atoms with van der Waals surface area (Å²) in [6, 6.07) is 18.8. The number of anilines is 2. The van der Waals surface area contributed by atoms with Crippen molar-refractivity contribution >= 4 is 45.1 Å². The molecule has 1 aliphatic heterocycles. The first-order valence-electron chi connectivity index (χ1n) is 12.2. The average Bonchev–Trinajstić information content (AvgIpc) is 3.21. The van der Waals surface area contributed by atoms with Crippen molar-refractivity contribution in [3.05, 3.63) is 90.0 Å². The lowest BCUT2D eigenvalue weighted by Crippen LogP contribution is -2.45. The predicted molar refractivity (Wildman–Crippen MR) is 143 cm³/mol. The molecule has 1 saturated heterocycles. The van der Waals surface area contributed by atoms with Gasteiger partial charge in [-0.05, 0) is 61.0 Å². The van der Waals surface area contributed by atoms with Gasteiger partial charge in [-0.25, -0.2) is 18.1 Å². The smallest absolute Gasteiger partial charge is 0.338 e. The average molecular weight is 550 g/mol. The predicted octanol–water partition coefficient (Wildman–Crippen LogP) is 3.34. The Morgan fingerprint density at radius 2 is 1.62 bits per heavy atom. The summed E-state index contributed by atoms with van der Waals surface area (Å²) in [4.78, 5) is 50.8. The number of carbonyl (C=O) groups excluding carboxylic acids is 4. The fourth-order valence-electron chi connectivity index (χ4n) is 4.25. The van der Waals surface area contributed by atoms with Crippen molar-refractivity contribution in [1.29, 1.82) is 0 Å². The highest BCUT2D eigenvalue weighted by atomic mass is 32.2. The first kappa shape index (κ1) is 27.7. The first-order chi connectivity index (χ1) is 18.6. The van der Waals surface area contributed by atoms with Crippen LogP contribution >= 0.6 is 0 Å². The number of amides is 3. The zero-order chi connectivity index (χ0) is 28.2. The second-order valence-corrected chi connectivity index (χ2v) is 10.7. The van der Waals surface area contributed by atoms with Crippen LogP contribution in [0.3, 0.4) is 0 Å². The third-order valence-electron chi connectivity index (χ3n) is 6.07. The van der Waals surface area contributed by atoms with Crippen molar-refractivity contribution in [2.24, 2.45) is 0 Å². The van der Waals surface area contributed by atoms with Gasteiger partial charge < -0.3 is 10.1 Å². The molecule has 0 bridgehead atoms. The summed E-state index contributed by atoms with van der Waals surface area (Å²) in [7, 11) is -4.25. The Hall–Kier alpha value is -4.35. The van der Waals surface area contributed by atoms with E-state index in [1.54, 1.807) is 37.3 Å². The maximum atomic E-state index is 13.8. The van der Waals surface area contributed by atoms with E-state index in [0.717, 1.165) is 9.21 Å². The number of benzene rings is 3. The Bertz CT molecular complexity index is 1490. The molecule has 202 valence electrons. The molecule has 4 rings (SSSR count). The molecule has 11 heteroatoms. The molecule has 0 saturated carbocycles. The van der Waals surface area contributed by atoms with E-state index in [1.807, 2.05) is 0 Å². The molecule has 3 aromatic carbocycles. The van der Waals surface area contributed by atoms with Crippen LogP contribution in [0.4, 0.5) is 11.4 Å². The summed E-state index contributed by atoms with van der Waals surface area (Å²) < 4.78 is 33.7. The lowest BCUT2D eigenvalue weighted by Gasteiger charge is -2.27. The summed E-state index contributed by atoms with van der Waals surface area (Å²) in [6.45, 7) is 3.08. The van der Waals surface area contributed by atoms with E-state index in [9.17, 15) is 27.6 Å². The molecular formula is C28H27N3O7S. The van der Waals surface area contributed by atoms with E-state index < -0.39 is 33.8 Å². The molecule has 1 fully saturated rings. The van der Waals surface area contributed by atoms with Gasteiger partial charge in [-0.2, -0.15) is 4.31 Å². The number of rotatable bonds is 9. The van der Waals surface area contributed by atoms with E-state index in [0.29, 0.717) is 11.3 Å². The SMILES string of the molecule is CCOC(=O)c1ccc(N2C(=O)CC(N(Cc3ccccc3)S(=O)(=O)c3ccc(NC(C)=O)cc3)C2=O)cc1. The fourth-order valence-corrected chi connectivity index (χ4v) is 5.82. The summed E-state index contributed by atoms with van der Waals surface area (Å²) in [5.74, 6) is -2.10. The number of hydrogen-bond acceptors (Lipinski definition) is 7. The second-order valence-electron chi connectivity index (χ2n) is 8.80. The van der Waals surface area contributed by atoms with Gasteiger partial charge in [0.15, 0.2) is 0 Å². The van der Waals surface area contributed by atoms with Crippen LogP contribution < -0.4 is 10.2 Å². The fraction of sp³-hybridized carbons (Fsp3) is 0.214. The zero-order valence-electron chi connectivity index (χ0n) is 21.4.